The highest BCUT2D eigenvalue weighted by molar-refractivity contribution is 5.29. The molecule has 78 valence electrons. The maximum Gasteiger partial charge on any atom is 0.223 e. The lowest BCUT2D eigenvalue weighted by Gasteiger charge is -2.10. The van der Waals surface area contributed by atoms with E-state index in [4.69, 9.17) is 5.26 Å². The third kappa shape index (κ3) is 2.66. The second kappa shape index (κ2) is 4.26. The van der Waals surface area contributed by atoms with Crippen molar-refractivity contribution in [2.24, 2.45) is 11.8 Å². The molecular formula is C11H14N4. The highest BCUT2D eigenvalue weighted by Gasteiger charge is 2.27. The van der Waals surface area contributed by atoms with Gasteiger partial charge >= 0.3 is 0 Å². The number of hydrogen-bond donors (Lipinski definition) is 1. The average Bonchev–Trinajstić information content (AvgIpc) is 3.10. The normalized spacial score (nSPS) is 16.8. The fourth-order valence-corrected chi connectivity index (χ4v) is 1.59. The molecule has 0 amide bonds. The zero-order chi connectivity index (χ0) is 10.7. The summed E-state index contributed by atoms with van der Waals surface area (Å²) in [5.74, 6) is 2.09. The summed E-state index contributed by atoms with van der Waals surface area (Å²) in [5, 5.41) is 11.8. The lowest BCUT2D eigenvalue weighted by atomic mass is 10.1. The Morgan fingerprint density at radius 1 is 1.67 bits per heavy atom. The minimum atomic E-state index is 0.409. The van der Waals surface area contributed by atoms with Crippen molar-refractivity contribution in [2.45, 2.75) is 19.8 Å². The molecule has 1 aliphatic carbocycles. The van der Waals surface area contributed by atoms with Gasteiger partial charge in [0, 0.05) is 12.7 Å². The molecule has 1 unspecified atom stereocenters. The molecule has 0 aromatic carbocycles. The summed E-state index contributed by atoms with van der Waals surface area (Å²) in [7, 11) is 0. The van der Waals surface area contributed by atoms with Crippen LogP contribution >= 0.6 is 0 Å². The van der Waals surface area contributed by atoms with Gasteiger partial charge in [-0.15, -0.1) is 0 Å². The van der Waals surface area contributed by atoms with Gasteiger partial charge in [-0.05, 0) is 30.7 Å². The number of rotatable bonds is 4. The van der Waals surface area contributed by atoms with E-state index in [2.05, 4.69) is 22.2 Å². The van der Waals surface area contributed by atoms with Gasteiger partial charge in [-0.1, -0.05) is 6.92 Å². The second-order valence-corrected chi connectivity index (χ2v) is 4.07. The summed E-state index contributed by atoms with van der Waals surface area (Å²) < 4.78 is 0. The Bertz CT molecular complexity index is 378. The molecular weight excluding hydrogens is 188 g/mol. The van der Waals surface area contributed by atoms with Gasteiger partial charge < -0.3 is 5.32 Å². The van der Waals surface area contributed by atoms with Crippen LogP contribution in [0.25, 0.3) is 0 Å². The first-order valence-electron chi connectivity index (χ1n) is 5.26. The number of nitrogens with one attached hydrogen (secondary N) is 1. The van der Waals surface area contributed by atoms with Crippen molar-refractivity contribution in [3.8, 4) is 6.07 Å². The Morgan fingerprint density at radius 2 is 2.47 bits per heavy atom. The van der Waals surface area contributed by atoms with Crippen LogP contribution in [0.1, 0.15) is 25.5 Å². The van der Waals surface area contributed by atoms with Crippen LogP contribution in [0.3, 0.4) is 0 Å². The second-order valence-electron chi connectivity index (χ2n) is 4.07. The van der Waals surface area contributed by atoms with Crippen molar-refractivity contribution in [1.29, 1.82) is 5.26 Å². The van der Waals surface area contributed by atoms with Crippen molar-refractivity contribution < 1.29 is 0 Å². The van der Waals surface area contributed by atoms with Crippen LogP contribution in [-0.4, -0.2) is 16.5 Å². The number of hydrogen-bond acceptors (Lipinski definition) is 4. The average molecular weight is 202 g/mol. The molecule has 4 heteroatoms. The summed E-state index contributed by atoms with van der Waals surface area (Å²) in [6.45, 7) is 3.12. The summed E-state index contributed by atoms with van der Waals surface area (Å²) in [6.07, 6.45) is 4.31. The Labute approximate surface area is 89.4 Å². The van der Waals surface area contributed by atoms with E-state index < -0.39 is 0 Å². The van der Waals surface area contributed by atoms with E-state index in [0.717, 1.165) is 12.5 Å². The van der Waals surface area contributed by atoms with E-state index in [1.807, 2.05) is 6.07 Å². The monoisotopic (exact) mass is 202 g/mol. The van der Waals surface area contributed by atoms with Crippen LogP contribution < -0.4 is 5.32 Å². The summed E-state index contributed by atoms with van der Waals surface area (Å²) >= 11 is 0. The van der Waals surface area contributed by atoms with E-state index >= 15 is 0 Å². The molecule has 0 saturated heterocycles. The highest BCUT2D eigenvalue weighted by atomic mass is 15.1. The Balaban J connectivity index is 1.89. The molecule has 1 atom stereocenters. The molecule has 1 aliphatic rings. The van der Waals surface area contributed by atoms with Crippen LogP contribution in [0.4, 0.5) is 5.95 Å². The van der Waals surface area contributed by atoms with Gasteiger partial charge in [-0.2, -0.15) is 5.26 Å². The summed E-state index contributed by atoms with van der Waals surface area (Å²) in [4.78, 5) is 8.13. The van der Waals surface area contributed by atoms with Crippen molar-refractivity contribution >= 4 is 5.95 Å². The first kappa shape index (κ1) is 9.91. The maximum atomic E-state index is 8.67. The van der Waals surface area contributed by atoms with Crippen molar-refractivity contribution in [2.75, 3.05) is 11.9 Å². The highest BCUT2D eigenvalue weighted by Crippen LogP contribution is 2.36. The van der Waals surface area contributed by atoms with Gasteiger partial charge in [-0.3, -0.25) is 0 Å². The van der Waals surface area contributed by atoms with E-state index in [9.17, 15) is 0 Å². The lowest BCUT2D eigenvalue weighted by molar-refractivity contribution is 0.535. The molecule has 1 saturated carbocycles. The van der Waals surface area contributed by atoms with Gasteiger partial charge in [0.05, 0.1) is 0 Å². The Hall–Kier alpha value is -1.63. The third-order valence-corrected chi connectivity index (χ3v) is 2.78. The smallest absolute Gasteiger partial charge is 0.223 e. The minimum Gasteiger partial charge on any atom is -0.354 e. The molecule has 2 rings (SSSR count). The molecule has 0 bridgehead atoms. The topological polar surface area (TPSA) is 61.6 Å². The largest absolute Gasteiger partial charge is 0.354 e. The van der Waals surface area contributed by atoms with E-state index in [1.54, 1.807) is 12.3 Å². The van der Waals surface area contributed by atoms with Crippen LogP contribution in [0, 0.1) is 23.2 Å². The molecule has 1 fully saturated rings. The van der Waals surface area contributed by atoms with Crippen LogP contribution in [-0.2, 0) is 0 Å². The SMILES string of the molecule is CC(CNc1nccc(C#N)n1)C1CC1. The molecule has 1 N–H and O–H groups in total. The Kier molecular flexibility index (Phi) is 2.82. The van der Waals surface area contributed by atoms with Gasteiger partial charge in [0.2, 0.25) is 5.95 Å². The molecule has 4 nitrogen and oxygen atoms in total. The van der Waals surface area contributed by atoms with Gasteiger partial charge in [0.25, 0.3) is 0 Å². The van der Waals surface area contributed by atoms with E-state index in [1.165, 1.54) is 12.8 Å². The number of nitriles is 1. The van der Waals surface area contributed by atoms with Crippen LogP contribution in [0.2, 0.25) is 0 Å². The fourth-order valence-electron chi connectivity index (χ4n) is 1.59. The number of anilines is 1. The lowest BCUT2D eigenvalue weighted by Crippen LogP contribution is -2.14. The predicted molar refractivity (Wildman–Crippen MR) is 57.1 cm³/mol. The number of nitrogens with zero attached hydrogens (tertiary/aromatic N) is 3. The summed E-state index contributed by atoms with van der Waals surface area (Å²) in [6, 6.07) is 3.61. The Morgan fingerprint density at radius 3 is 3.13 bits per heavy atom. The van der Waals surface area contributed by atoms with Gasteiger partial charge in [-0.25, -0.2) is 9.97 Å². The zero-order valence-electron chi connectivity index (χ0n) is 8.77. The first-order chi connectivity index (χ1) is 7.29. The van der Waals surface area contributed by atoms with E-state index in [0.29, 0.717) is 17.6 Å². The molecule has 0 radical (unpaired) electrons. The van der Waals surface area contributed by atoms with Crippen LogP contribution in [0.15, 0.2) is 12.3 Å². The summed E-state index contributed by atoms with van der Waals surface area (Å²) in [5.41, 5.74) is 0.409. The molecule has 0 aliphatic heterocycles. The standard InChI is InChI=1S/C11H14N4/c1-8(9-2-3-9)7-14-11-13-5-4-10(6-12)15-11/h4-5,8-9H,2-3,7H2,1H3,(H,13,14,15). The molecule has 1 aromatic heterocycles. The van der Waals surface area contributed by atoms with Crippen LogP contribution in [0.5, 0.6) is 0 Å². The molecule has 15 heavy (non-hydrogen) atoms. The molecule has 1 heterocycles. The molecule has 0 spiro atoms. The van der Waals surface area contributed by atoms with Gasteiger partial charge in [0.1, 0.15) is 11.8 Å². The van der Waals surface area contributed by atoms with Gasteiger partial charge in [0.15, 0.2) is 0 Å². The predicted octanol–water partition coefficient (Wildman–Crippen LogP) is 1.81. The quantitative estimate of drug-likeness (QED) is 0.808. The maximum absolute atomic E-state index is 8.67. The first-order valence-corrected chi connectivity index (χ1v) is 5.26. The third-order valence-electron chi connectivity index (χ3n) is 2.78. The van der Waals surface area contributed by atoms with E-state index in [-0.39, 0.29) is 0 Å². The fraction of sp³-hybridized carbons (Fsp3) is 0.545. The molecule has 1 aromatic rings. The van der Waals surface area contributed by atoms with Crippen molar-refractivity contribution in [3.05, 3.63) is 18.0 Å². The number of aromatic nitrogens is 2. The minimum absolute atomic E-state index is 0.409. The zero-order valence-corrected chi connectivity index (χ0v) is 8.77. The van der Waals surface area contributed by atoms with Crippen molar-refractivity contribution in [1.82, 2.24) is 9.97 Å². The van der Waals surface area contributed by atoms with Crippen molar-refractivity contribution in [3.63, 3.8) is 0 Å².